The summed E-state index contributed by atoms with van der Waals surface area (Å²) in [6.45, 7) is 3.17. The lowest BCUT2D eigenvalue weighted by molar-refractivity contribution is 0.693. The van der Waals surface area contributed by atoms with E-state index in [2.05, 4.69) is 28.5 Å². The number of aromatic nitrogens is 2. The van der Waals surface area contributed by atoms with Crippen molar-refractivity contribution in [3.8, 4) is 0 Å². The molecule has 0 aromatic carbocycles. The van der Waals surface area contributed by atoms with E-state index in [9.17, 15) is 0 Å². The monoisotopic (exact) mass is 193 g/mol. The van der Waals surface area contributed by atoms with Crippen molar-refractivity contribution in [3.63, 3.8) is 0 Å². The van der Waals surface area contributed by atoms with Crippen LogP contribution in [0, 0.1) is 0 Å². The van der Waals surface area contributed by atoms with E-state index in [0.717, 1.165) is 24.7 Å². The molecule has 1 aromatic rings. The van der Waals surface area contributed by atoms with Gasteiger partial charge in [0.05, 0.1) is 0 Å². The minimum Gasteiger partial charge on any atom is -0.369 e. The van der Waals surface area contributed by atoms with Crippen LogP contribution in [0.1, 0.15) is 50.6 Å². The number of nitrogens with one attached hydrogen (secondary N) is 2. The van der Waals surface area contributed by atoms with E-state index in [1.807, 2.05) is 0 Å². The van der Waals surface area contributed by atoms with E-state index < -0.39 is 0 Å². The van der Waals surface area contributed by atoms with Gasteiger partial charge >= 0.3 is 0 Å². The van der Waals surface area contributed by atoms with Crippen LogP contribution in [0.15, 0.2) is 6.07 Å². The average Bonchev–Trinajstić information content (AvgIpc) is 2.85. The summed E-state index contributed by atoms with van der Waals surface area (Å²) in [7, 11) is 0. The fourth-order valence-corrected chi connectivity index (χ4v) is 2.13. The molecule has 0 amide bonds. The van der Waals surface area contributed by atoms with Gasteiger partial charge in [0.25, 0.3) is 0 Å². The van der Waals surface area contributed by atoms with Gasteiger partial charge in [-0.1, -0.05) is 19.8 Å². The summed E-state index contributed by atoms with van der Waals surface area (Å²) in [4.78, 5) is 0. The van der Waals surface area contributed by atoms with Crippen LogP contribution in [0.4, 0.5) is 5.82 Å². The van der Waals surface area contributed by atoms with Gasteiger partial charge in [-0.25, -0.2) is 0 Å². The van der Waals surface area contributed by atoms with E-state index in [1.165, 1.54) is 31.4 Å². The fraction of sp³-hybridized carbons (Fsp3) is 0.727. The van der Waals surface area contributed by atoms with Crippen molar-refractivity contribution >= 4 is 5.82 Å². The number of rotatable bonds is 4. The highest BCUT2D eigenvalue weighted by atomic mass is 15.2. The van der Waals surface area contributed by atoms with Crippen molar-refractivity contribution < 1.29 is 0 Å². The molecule has 0 unspecified atom stereocenters. The quantitative estimate of drug-likeness (QED) is 0.772. The molecule has 3 heteroatoms. The lowest BCUT2D eigenvalue weighted by atomic mass is 10.0. The number of H-pyrrole nitrogens is 1. The van der Waals surface area contributed by atoms with E-state index in [-0.39, 0.29) is 0 Å². The van der Waals surface area contributed by atoms with Gasteiger partial charge in [0.15, 0.2) is 0 Å². The van der Waals surface area contributed by atoms with Crippen LogP contribution >= 0.6 is 0 Å². The van der Waals surface area contributed by atoms with Crippen LogP contribution in [0.25, 0.3) is 0 Å². The third-order valence-electron chi connectivity index (χ3n) is 2.95. The third kappa shape index (κ3) is 2.08. The zero-order valence-corrected chi connectivity index (χ0v) is 8.84. The minimum absolute atomic E-state index is 0.736. The summed E-state index contributed by atoms with van der Waals surface area (Å²) in [5.41, 5.74) is 1.32. The van der Waals surface area contributed by atoms with Crippen molar-refractivity contribution in [1.29, 1.82) is 0 Å². The van der Waals surface area contributed by atoms with Crippen molar-refractivity contribution in [2.75, 3.05) is 11.9 Å². The molecule has 1 aromatic heterocycles. The highest BCUT2D eigenvalue weighted by Crippen LogP contribution is 2.33. The molecular formula is C11H19N3. The van der Waals surface area contributed by atoms with Gasteiger partial charge in [0.2, 0.25) is 0 Å². The fourth-order valence-electron chi connectivity index (χ4n) is 2.13. The first-order chi connectivity index (χ1) is 6.90. The molecule has 78 valence electrons. The zero-order valence-electron chi connectivity index (χ0n) is 8.84. The number of hydrogen-bond acceptors (Lipinski definition) is 2. The molecule has 0 spiro atoms. The third-order valence-corrected chi connectivity index (χ3v) is 2.95. The summed E-state index contributed by atoms with van der Waals surface area (Å²) in [5.74, 6) is 1.74. The number of anilines is 1. The first-order valence-corrected chi connectivity index (χ1v) is 5.69. The van der Waals surface area contributed by atoms with E-state index in [4.69, 9.17) is 0 Å². The van der Waals surface area contributed by atoms with Crippen LogP contribution < -0.4 is 5.32 Å². The first kappa shape index (κ1) is 9.56. The van der Waals surface area contributed by atoms with Crippen LogP contribution in [-0.4, -0.2) is 16.7 Å². The zero-order chi connectivity index (χ0) is 9.80. The van der Waals surface area contributed by atoms with Crippen molar-refractivity contribution in [2.24, 2.45) is 0 Å². The van der Waals surface area contributed by atoms with Crippen LogP contribution in [0.5, 0.6) is 0 Å². The molecule has 2 N–H and O–H groups in total. The average molecular weight is 193 g/mol. The summed E-state index contributed by atoms with van der Waals surface area (Å²) in [5, 5.41) is 10.7. The normalized spacial score (nSPS) is 17.5. The van der Waals surface area contributed by atoms with Crippen molar-refractivity contribution in [1.82, 2.24) is 10.2 Å². The Hall–Kier alpha value is -0.990. The maximum absolute atomic E-state index is 4.26. The maximum Gasteiger partial charge on any atom is 0.148 e. The molecule has 0 aliphatic heterocycles. The molecule has 1 aliphatic rings. The predicted molar refractivity (Wildman–Crippen MR) is 58.6 cm³/mol. The van der Waals surface area contributed by atoms with Gasteiger partial charge in [-0.2, -0.15) is 5.10 Å². The maximum atomic E-state index is 4.26. The second kappa shape index (κ2) is 4.49. The number of aromatic amines is 1. The minimum atomic E-state index is 0.736. The van der Waals surface area contributed by atoms with Gasteiger partial charge in [0.1, 0.15) is 5.82 Å². The first-order valence-electron chi connectivity index (χ1n) is 5.69. The van der Waals surface area contributed by atoms with E-state index in [0.29, 0.717) is 0 Å². The Morgan fingerprint density at radius 1 is 1.50 bits per heavy atom. The molecule has 1 saturated carbocycles. The van der Waals surface area contributed by atoms with E-state index >= 15 is 0 Å². The molecule has 0 radical (unpaired) electrons. The second-order valence-electron chi connectivity index (χ2n) is 4.12. The van der Waals surface area contributed by atoms with Gasteiger partial charge in [-0.3, -0.25) is 5.10 Å². The molecule has 0 atom stereocenters. The molecule has 1 aliphatic carbocycles. The number of nitrogens with zero attached hydrogens (tertiary/aromatic N) is 1. The van der Waals surface area contributed by atoms with Gasteiger partial charge in [0, 0.05) is 24.2 Å². The molecule has 1 fully saturated rings. The van der Waals surface area contributed by atoms with E-state index in [1.54, 1.807) is 0 Å². The largest absolute Gasteiger partial charge is 0.369 e. The summed E-state index contributed by atoms with van der Waals surface area (Å²) >= 11 is 0. The number of hydrogen-bond donors (Lipinski definition) is 2. The highest BCUT2D eigenvalue weighted by Gasteiger charge is 2.18. The van der Waals surface area contributed by atoms with Crippen molar-refractivity contribution in [2.45, 2.75) is 44.9 Å². The Morgan fingerprint density at radius 3 is 3.00 bits per heavy atom. The van der Waals surface area contributed by atoms with Crippen LogP contribution in [0.2, 0.25) is 0 Å². The Morgan fingerprint density at radius 2 is 2.29 bits per heavy atom. The Balaban J connectivity index is 1.94. The molecule has 14 heavy (non-hydrogen) atoms. The van der Waals surface area contributed by atoms with Crippen LogP contribution in [-0.2, 0) is 0 Å². The lowest BCUT2D eigenvalue weighted by Crippen LogP contribution is -1.99. The topological polar surface area (TPSA) is 40.7 Å². The highest BCUT2D eigenvalue weighted by molar-refractivity contribution is 5.36. The SMILES string of the molecule is CCCNc1cc(C2CCCC2)[nH]n1. The molecule has 2 rings (SSSR count). The second-order valence-corrected chi connectivity index (χ2v) is 4.12. The Kier molecular flexibility index (Phi) is 3.07. The van der Waals surface area contributed by atoms with Gasteiger partial charge < -0.3 is 5.32 Å². The smallest absolute Gasteiger partial charge is 0.148 e. The van der Waals surface area contributed by atoms with Crippen molar-refractivity contribution in [3.05, 3.63) is 11.8 Å². The Labute approximate surface area is 85.3 Å². The predicted octanol–water partition coefficient (Wildman–Crippen LogP) is 2.89. The van der Waals surface area contributed by atoms with Gasteiger partial charge in [-0.15, -0.1) is 0 Å². The Bertz CT molecular complexity index is 274. The molecule has 3 nitrogen and oxygen atoms in total. The molecule has 1 heterocycles. The molecule has 0 bridgehead atoms. The summed E-state index contributed by atoms with van der Waals surface area (Å²) < 4.78 is 0. The molecule has 0 saturated heterocycles. The van der Waals surface area contributed by atoms with Crippen LogP contribution in [0.3, 0.4) is 0 Å². The summed E-state index contributed by atoms with van der Waals surface area (Å²) in [6.07, 6.45) is 6.55. The molecular weight excluding hydrogens is 174 g/mol. The lowest BCUT2D eigenvalue weighted by Gasteiger charge is -2.03. The standard InChI is InChI=1S/C11H19N3/c1-2-7-12-11-8-10(13-14-11)9-5-3-4-6-9/h8-9H,2-7H2,1H3,(H2,12,13,14). The summed E-state index contributed by atoms with van der Waals surface area (Å²) in [6, 6.07) is 2.17. The van der Waals surface area contributed by atoms with Gasteiger partial charge in [-0.05, 0) is 19.3 Å².